The van der Waals surface area contributed by atoms with E-state index in [-0.39, 0.29) is 21.7 Å². The van der Waals surface area contributed by atoms with E-state index < -0.39 is 0 Å². The average molecular weight is 719 g/mol. The van der Waals surface area contributed by atoms with Gasteiger partial charge in [-0.05, 0) is 176 Å². The van der Waals surface area contributed by atoms with Crippen LogP contribution in [0.25, 0.3) is 55.6 Å². The van der Waals surface area contributed by atoms with Crippen LogP contribution in [0.1, 0.15) is 139 Å². The molecule has 0 unspecified atom stereocenters. The molecular weight excluding hydrogens is 661 g/mol. The zero-order chi connectivity index (χ0) is 39.0. The molecule has 0 heterocycles. The topological polar surface area (TPSA) is 0 Å². The van der Waals surface area contributed by atoms with Crippen LogP contribution in [0.2, 0.25) is 0 Å². The Hall–Kier alpha value is -4.68. The summed E-state index contributed by atoms with van der Waals surface area (Å²) in [6, 6.07) is 38.4. The van der Waals surface area contributed by atoms with Gasteiger partial charge in [0.15, 0.2) is 0 Å². The third-order valence-corrected chi connectivity index (χ3v) is 12.9. The Morgan fingerprint density at radius 2 is 0.655 bits per heavy atom. The number of rotatable bonds is 2. The zero-order valence-electron chi connectivity index (χ0n) is 35.4. The Morgan fingerprint density at radius 1 is 0.291 bits per heavy atom. The molecule has 0 fully saturated rings. The lowest BCUT2D eigenvalue weighted by Gasteiger charge is -2.29. The van der Waals surface area contributed by atoms with Crippen LogP contribution in [0.3, 0.4) is 0 Å². The lowest BCUT2D eigenvalue weighted by molar-refractivity contribution is 0.590. The van der Waals surface area contributed by atoms with Gasteiger partial charge in [0.25, 0.3) is 0 Å². The number of hydrogen-bond acceptors (Lipinski definition) is 0. The van der Waals surface area contributed by atoms with Crippen LogP contribution < -0.4 is 0 Å². The lowest BCUT2D eigenvalue weighted by atomic mass is 9.75. The van der Waals surface area contributed by atoms with Gasteiger partial charge in [-0.15, -0.1) is 0 Å². The molecule has 0 radical (unpaired) electrons. The van der Waals surface area contributed by atoms with Gasteiger partial charge in [0.1, 0.15) is 0 Å². The first-order valence-electron chi connectivity index (χ1n) is 20.7. The highest BCUT2D eigenvalue weighted by molar-refractivity contribution is 5.93. The van der Waals surface area contributed by atoms with E-state index in [1.54, 1.807) is 0 Å². The molecule has 9 rings (SSSR count). The first-order chi connectivity index (χ1) is 25.8. The van der Waals surface area contributed by atoms with Crippen LogP contribution >= 0.6 is 0 Å². The van der Waals surface area contributed by atoms with Crippen molar-refractivity contribution in [2.24, 2.45) is 0 Å². The normalized spacial score (nSPS) is 14.3. The minimum absolute atomic E-state index is 0.0225. The van der Waals surface area contributed by atoms with Gasteiger partial charge in [-0.1, -0.05) is 156 Å². The van der Waals surface area contributed by atoms with Crippen molar-refractivity contribution < 1.29 is 0 Å². The maximum atomic E-state index is 2.59. The maximum absolute atomic E-state index is 2.59. The summed E-state index contributed by atoms with van der Waals surface area (Å²) in [4.78, 5) is 0. The number of benzene rings is 6. The largest absolute Gasteiger partial charge is 0.0619 e. The maximum Gasteiger partial charge on any atom is -0.000718 e. The highest BCUT2D eigenvalue weighted by Crippen LogP contribution is 2.53. The van der Waals surface area contributed by atoms with Crippen molar-refractivity contribution >= 4 is 0 Å². The number of fused-ring (bicyclic) bond motifs is 9. The summed E-state index contributed by atoms with van der Waals surface area (Å²) in [5.74, 6) is 0. The fourth-order valence-corrected chi connectivity index (χ4v) is 10.2. The predicted molar refractivity (Wildman–Crippen MR) is 237 cm³/mol. The monoisotopic (exact) mass is 718 g/mol. The molecule has 0 N–H and O–H groups in total. The zero-order valence-corrected chi connectivity index (χ0v) is 35.4. The van der Waals surface area contributed by atoms with Crippen molar-refractivity contribution in [1.82, 2.24) is 0 Å². The predicted octanol–water partition coefficient (Wildman–Crippen LogP) is 14.9. The van der Waals surface area contributed by atoms with Crippen LogP contribution in [-0.4, -0.2) is 0 Å². The Morgan fingerprint density at radius 3 is 1.02 bits per heavy atom. The van der Waals surface area contributed by atoms with Crippen molar-refractivity contribution in [1.29, 1.82) is 0 Å². The first-order valence-corrected chi connectivity index (χ1v) is 20.7. The van der Waals surface area contributed by atoms with Crippen LogP contribution in [0, 0.1) is 0 Å². The summed E-state index contributed by atoms with van der Waals surface area (Å²) in [5, 5.41) is 0. The smallest absolute Gasteiger partial charge is 0.000718 e. The minimum atomic E-state index is -0.0225. The summed E-state index contributed by atoms with van der Waals surface area (Å²) in [7, 11) is 0. The standard InChI is InChI=1S/C55H58/c1-52(2,3)46-23-21-38(44-26-32-17-13-15-19-36(32)50(44)46)42-28-34-25-35-29-43(49(55(10,11)12)31-41(35)40(34)30-48(42)54(7,8)9)39-22-24-47(53(4,5)6)51-37-20-16-14-18-33(37)27-45(39)51/h13-24,28-31H,25-27H2,1-12H3. The molecule has 6 aromatic rings. The molecule has 278 valence electrons. The molecule has 0 spiro atoms. The molecule has 0 bridgehead atoms. The number of hydrogen-bond donors (Lipinski definition) is 0. The molecule has 3 aliphatic rings. The molecule has 0 nitrogen and oxygen atoms in total. The Labute approximate surface area is 331 Å². The SMILES string of the molecule is CC(C)(C)c1cc2c(cc1-c1ccc(C(C)(C)C)c3c1Cc1ccccc1-3)Cc1cc(-c3ccc(C(C)(C)C)c4c3Cc3ccccc3-4)c(C(C)(C)C)cc1-2. The Kier molecular flexibility index (Phi) is 7.79. The molecule has 0 saturated heterocycles. The van der Waals surface area contributed by atoms with Crippen LogP contribution in [0.15, 0.2) is 97.1 Å². The van der Waals surface area contributed by atoms with Gasteiger partial charge in [-0.2, -0.15) is 0 Å². The lowest BCUT2D eigenvalue weighted by Crippen LogP contribution is -2.16. The van der Waals surface area contributed by atoms with Crippen molar-refractivity contribution in [2.45, 2.75) is 124 Å². The average Bonchev–Trinajstić information content (AvgIpc) is 3.79. The van der Waals surface area contributed by atoms with Crippen LogP contribution in [-0.2, 0) is 40.9 Å². The molecule has 0 saturated carbocycles. The molecule has 0 amide bonds. The van der Waals surface area contributed by atoms with Gasteiger partial charge in [-0.3, -0.25) is 0 Å². The van der Waals surface area contributed by atoms with E-state index in [0.29, 0.717) is 0 Å². The summed E-state index contributed by atoms with van der Waals surface area (Å²) in [6.07, 6.45) is 2.95. The molecule has 0 aromatic heterocycles. The molecule has 0 heteroatoms. The van der Waals surface area contributed by atoms with Gasteiger partial charge >= 0.3 is 0 Å². The van der Waals surface area contributed by atoms with E-state index in [1.807, 2.05) is 0 Å². The van der Waals surface area contributed by atoms with E-state index in [9.17, 15) is 0 Å². The Balaban J connectivity index is 1.24. The second-order valence-electron chi connectivity index (χ2n) is 21.0. The van der Waals surface area contributed by atoms with Crippen molar-refractivity contribution in [3.63, 3.8) is 0 Å². The molecule has 0 aliphatic heterocycles. The van der Waals surface area contributed by atoms with Crippen molar-refractivity contribution in [3.8, 4) is 55.6 Å². The van der Waals surface area contributed by atoms with Gasteiger partial charge < -0.3 is 0 Å². The first kappa shape index (κ1) is 36.0. The van der Waals surface area contributed by atoms with Gasteiger partial charge in [-0.25, -0.2) is 0 Å². The van der Waals surface area contributed by atoms with Gasteiger partial charge in [0, 0.05) is 0 Å². The highest BCUT2D eigenvalue weighted by atomic mass is 14.4. The molecular formula is C55H58. The van der Waals surface area contributed by atoms with Crippen molar-refractivity contribution in [3.05, 3.63) is 153 Å². The van der Waals surface area contributed by atoms with Gasteiger partial charge in [0.05, 0.1) is 0 Å². The van der Waals surface area contributed by atoms with E-state index in [1.165, 1.54) is 111 Å². The Bertz CT molecular complexity index is 2390. The molecule has 0 atom stereocenters. The van der Waals surface area contributed by atoms with E-state index >= 15 is 0 Å². The van der Waals surface area contributed by atoms with E-state index in [4.69, 9.17) is 0 Å². The van der Waals surface area contributed by atoms with E-state index in [2.05, 4.69) is 180 Å². The second kappa shape index (κ2) is 11.9. The fourth-order valence-electron chi connectivity index (χ4n) is 10.2. The van der Waals surface area contributed by atoms with Crippen LogP contribution in [0.4, 0.5) is 0 Å². The minimum Gasteiger partial charge on any atom is -0.0619 e. The van der Waals surface area contributed by atoms with Gasteiger partial charge in [0.2, 0.25) is 0 Å². The second-order valence-corrected chi connectivity index (χ2v) is 21.0. The third kappa shape index (κ3) is 5.69. The quantitative estimate of drug-likeness (QED) is 0.167. The fraction of sp³-hybridized carbons (Fsp3) is 0.345. The molecule has 3 aliphatic carbocycles. The summed E-state index contributed by atoms with van der Waals surface area (Å²) < 4.78 is 0. The summed E-state index contributed by atoms with van der Waals surface area (Å²) in [5.41, 5.74) is 28.9. The molecule has 55 heavy (non-hydrogen) atoms. The van der Waals surface area contributed by atoms with Crippen LogP contribution in [0.5, 0.6) is 0 Å². The molecule has 6 aromatic carbocycles. The highest BCUT2D eigenvalue weighted by Gasteiger charge is 2.35. The van der Waals surface area contributed by atoms with E-state index in [0.717, 1.165) is 19.3 Å². The third-order valence-electron chi connectivity index (χ3n) is 12.9. The van der Waals surface area contributed by atoms with Crippen molar-refractivity contribution in [2.75, 3.05) is 0 Å². The summed E-state index contributed by atoms with van der Waals surface area (Å²) in [6.45, 7) is 28.6. The summed E-state index contributed by atoms with van der Waals surface area (Å²) >= 11 is 0.